The van der Waals surface area contributed by atoms with Gasteiger partial charge in [-0.05, 0) is 49.2 Å². The molecule has 0 aliphatic rings. The Balaban J connectivity index is 1.81. The molecule has 1 nitrogen and oxygen atoms in total. The Labute approximate surface area is 144 Å². The van der Waals surface area contributed by atoms with E-state index in [9.17, 15) is 0 Å². The van der Waals surface area contributed by atoms with Crippen molar-refractivity contribution in [3.8, 4) is 0 Å². The first kappa shape index (κ1) is 16.1. The number of nitrogens with zero attached hydrogens (tertiary/aromatic N) is 1. The van der Waals surface area contributed by atoms with Gasteiger partial charge in [-0.15, -0.1) is 0 Å². The Morgan fingerprint density at radius 2 is 1.04 bits per heavy atom. The quantitative estimate of drug-likeness (QED) is 0.492. The summed E-state index contributed by atoms with van der Waals surface area (Å²) < 4.78 is 0. The van der Waals surface area contributed by atoms with E-state index < -0.39 is 0 Å². The lowest BCUT2D eigenvalue weighted by Crippen LogP contribution is -2.25. The molecule has 24 heavy (non-hydrogen) atoms. The Kier molecular flexibility index (Phi) is 5.12. The molecule has 0 N–H and O–H groups in total. The summed E-state index contributed by atoms with van der Waals surface area (Å²) in [6, 6.07) is 30.0. The SMILES string of the molecule is CC(C)N(c1ccccc1)c1ccc(/C=C/c2ccccc2)cc1. The van der Waals surface area contributed by atoms with E-state index in [4.69, 9.17) is 0 Å². The summed E-state index contributed by atoms with van der Waals surface area (Å²) >= 11 is 0. The van der Waals surface area contributed by atoms with Gasteiger partial charge in [-0.2, -0.15) is 0 Å². The predicted molar refractivity (Wildman–Crippen MR) is 106 cm³/mol. The minimum absolute atomic E-state index is 0.401. The van der Waals surface area contributed by atoms with E-state index in [-0.39, 0.29) is 0 Å². The van der Waals surface area contributed by atoms with Crippen molar-refractivity contribution in [1.82, 2.24) is 0 Å². The Bertz CT molecular complexity index is 771. The highest BCUT2D eigenvalue weighted by Gasteiger charge is 2.12. The molecular formula is C23H23N. The van der Waals surface area contributed by atoms with Crippen molar-refractivity contribution < 1.29 is 0 Å². The van der Waals surface area contributed by atoms with Gasteiger partial charge >= 0.3 is 0 Å². The molecule has 3 aromatic carbocycles. The minimum Gasteiger partial charge on any atom is -0.339 e. The first-order valence-electron chi connectivity index (χ1n) is 8.41. The average molecular weight is 313 g/mol. The monoisotopic (exact) mass is 313 g/mol. The van der Waals surface area contributed by atoms with Crippen LogP contribution < -0.4 is 4.90 Å². The van der Waals surface area contributed by atoms with Gasteiger partial charge in [0, 0.05) is 17.4 Å². The van der Waals surface area contributed by atoms with E-state index >= 15 is 0 Å². The molecule has 3 aromatic rings. The molecule has 0 amide bonds. The standard InChI is InChI=1S/C23H23N/c1-19(2)24(22-11-7-4-8-12-22)23-17-15-21(16-18-23)14-13-20-9-5-3-6-10-20/h3-19H,1-2H3/b14-13+. The smallest absolute Gasteiger partial charge is 0.0413 e. The zero-order valence-corrected chi connectivity index (χ0v) is 14.3. The van der Waals surface area contributed by atoms with Gasteiger partial charge in [-0.3, -0.25) is 0 Å². The lowest BCUT2D eigenvalue weighted by molar-refractivity contribution is 0.789. The van der Waals surface area contributed by atoms with Crippen LogP contribution in [0.1, 0.15) is 25.0 Å². The number of benzene rings is 3. The lowest BCUT2D eigenvalue weighted by Gasteiger charge is -2.29. The lowest BCUT2D eigenvalue weighted by atomic mass is 10.1. The van der Waals surface area contributed by atoms with Crippen molar-refractivity contribution in [2.24, 2.45) is 0 Å². The third-order valence-corrected chi connectivity index (χ3v) is 3.99. The average Bonchev–Trinajstić information content (AvgIpc) is 2.63. The Morgan fingerprint density at radius 1 is 0.583 bits per heavy atom. The van der Waals surface area contributed by atoms with Crippen LogP contribution in [0.2, 0.25) is 0 Å². The summed E-state index contributed by atoms with van der Waals surface area (Å²) in [6.07, 6.45) is 4.30. The zero-order valence-electron chi connectivity index (χ0n) is 14.3. The third kappa shape index (κ3) is 3.94. The van der Waals surface area contributed by atoms with E-state index in [1.54, 1.807) is 0 Å². The van der Waals surface area contributed by atoms with Crippen LogP contribution in [-0.4, -0.2) is 6.04 Å². The van der Waals surface area contributed by atoms with Crippen LogP contribution in [0.25, 0.3) is 12.2 Å². The third-order valence-electron chi connectivity index (χ3n) is 3.99. The van der Waals surface area contributed by atoms with Crippen molar-refractivity contribution in [1.29, 1.82) is 0 Å². The molecule has 0 aliphatic carbocycles. The highest BCUT2D eigenvalue weighted by atomic mass is 15.2. The molecule has 0 radical (unpaired) electrons. The van der Waals surface area contributed by atoms with E-state index in [1.807, 2.05) is 6.07 Å². The van der Waals surface area contributed by atoms with Crippen LogP contribution in [0, 0.1) is 0 Å². The Hall–Kier alpha value is -2.80. The van der Waals surface area contributed by atoms with Crippen LogP contribution in [0.3, 0.4) is 0 Å². The second-order valence-electron chi connectivity index (χ2n) is 6.13. The van der Waals surface area contributed by atoms with Crippen molar-refractivity contribution in [3.63, 3.8) is 0 Å². The van der Waals surface area contributed by atoms with Crippen molar-refractivity contribution in [2.75, 3.05) is 4.90 Å². The van der Waals surface area contributed by atoms with Crippen molar-refractivity contribution in [3.05, 3.63) is 96.1 Å². The number of hydrogen-bond acceptors (Lipinski definition) is 1. The van der Waals surface area contributed by atoms with Crippen LogP contribution in [-0.2, 0) is 0 Å². The largest absolute Gasteiger partial charge is 0.339 e. The zero-order chi connectivity index (χ0) is 16.8. The van der Waals surface area contributed by atoms with E-state index in [0.717, 1.165) is 0 Å². The maximum atomic E-state index is 2.35. The van der Waals surface area contributed by atoms with Gasteiger partial charge in [0.25, 0.3) is 0 Å². The summed E-state index contributed by atoms with van der Waals surface area (Å²) in [4.78, 5) is 2.35. The molecule has 0 aliphatic heterocycles. The van der Waals surface area contributed by atoms with E-state index in [1.165, 1.54) is 22.5 Å². The summed E-state index contributed by atoms with van der Waals surface area (Å²) in [5, 5.41) is 0. The van der Waals surface area contributed by atoms with Gasteiger partial charge in [0.1, 0.15) is 0 Å². The second-order valence-corrected chi connectivity index (χ2v) is 6.13. The topological polar surface area (TPSA) is 3.24 Å². The van der Waals surface area contributed by atoms with E-state index in [0.29, 0.717) is 6.04 Å². The second kappa shape index (κ2) is 7.65. The van der Waals surface area contributed by atoms with Crippen LogP contribution in [0.15, 0.2) is 84.9 Å². The molecule has 0 atom stereocenters. The summed E-state index contributed by atoms with van der Waals surface area (Å²) in [5.74, 6) is 0. The van der Waals surface area contributed by atoms with Crippen molar-refractivity contribution >= 4 is 23.5 Å². The molecule has 120 valence electrons. The van der Waals surface area contributed by atoms with Crippen LogP contribution in [0.5, 0.6) is 0 Å². The number of para-hydroxylation sites is 1. The highest BCUT2D eigenvalue weighted by molar-refractivity contribution is 5.72. The Morgan fingerprint density at radius 3 is 1.58 bits per heavy atom. The minimum atomic E-state index is 0.401. The molecule has 0 unspecified atom stereocenters. The first-order chi connectivity index (χ1) is 11.7. The molecule has 0 fully saturated rings. The van der Waals surface area contributed by atoms with Gasteiger partial charge in [0.05, 0.1) is 0 Å². The summed E-state index contributed by atoms with van der Waals surface area (Å²) in [5.41, 5.74) is 4.86. The molecule has 0 saturated heterocycles. The number of hydrogen-bond donors (Lipinski definition) is 0. The molecule has 0 spiro atoms. The highest BCUT2D eigenvalue weighted by Crippen LogP contribution is 2.28. The molecule has 0 aromatic heterocycles. The van der Waals surface area contributed by atoms with Gasteiger partial charge < -0.3 is 4.90 Å². The normalized spacial score (nSPS) is 11.1. The van der Waals surface area contributed by atoms with Gasteiger partial charge in [0.2, 0.25) is 0 Å². The van der Waals surface area contributed by atoms with Crippen LogP contribution >= 0.6 is 0 Å². The molecule has 0 heterocycles. The molecular weight excluding hydrogens is 290 g/mol. The maximum absolute atomic E-state index is 2.35. The maximum Gasteiger partial charge on any atom is 0.0413 e. The van der Waals surface area contributed by atoms with Gasteiger partial charge in [-0.1, -0.05) is 72.8 Å². The molecule has 0 bridgehead atoms. The van der Waals surface area contributed by atoms with Crippen LogP contribution in [0.4, 0.5) is 11.4 Å². The predicted octanol–water partition coefficient (Wildman–Crippen LogP) is 6.40. The number of anilines is 2. The molecule has 3 rings (SSSR count). The first-order valence-corrected chi connectivity index (χ1v) is 8.41. The fraction of sp³-hybridized carbons (Fsp3) is 0.130. The van der Waals surface area contributed by atoms with Gasteiger partial charge in [0.15, 0.2) is 0 Å². The fourth-order valence-electron chi connectivity index (χ4n) is 2.84. The van der Waals surface area contributed by atoms with E-state index in [2.05, 4.69) is 110 Å². The summed E-state index contributed by atoms with van der Waals surface area (Å²) in [7, 11) is 0. The fourth-order valence-corrected chi connectivity index (χ4v) is 2.84. The van der Waals surface area contributed by atoms with Crippen molar-refractivity contribution in [2.45, 2.75) is 19.9 Å². The molecule has 0 saturated carbocycles. The van der Waals surface area contributed by atoms with Gasteiger partial charge in [-0.25, -0.2) is 0 Å². The summed E-state index contributed by atoms with van der Waals surface area (Å²) in [6.45, 7) is 4.44. The molecule has 1 heteroatoms. The number of rotatable bonds is 5.